The molecule has 0 bridgehead atoms. The van der Waals surface area contributed by atoms with E-state index in [1.54, 1.807) is 12.3 Å². The van der Waals surface area contributed by atoms with Crippen LogP contribution in [0.5, 0.6) is 0 Å². The summed E-state index contributed by atoms with van der Waals surface area (Å²) >= 11 is 0. The fraction of sp³-hybridized carbons (Fsp3) is 0.211. The molecule has 0 amide bonds. The van der Waals surface area contributed by atoms with Crippen molar-refractivity contribution in [2.24, 2.45) is 0 Å². The Hall–Kier alpha value is -2.30. The first-order valence-electron chi connectivity index (χ1n) is 7.62. The Morgan fingerprint density at radius 2 is 2.04 bits per heavy atom. The average Bonchev–Trinajstić information content (AvgIpc) is 2.54. The molecule has 3 rings (SSSR count). The quantitative estimate of drug-likeness (QED) is 0.758. The Bertz CT molecular complexity index is 819. The van der Waals surface area contributed by atoms with Crippen molar-refractivity contribution in [2.75, 3.05) is 6.54 Å². The molecule has 2 aromatic carbocycles. The highest BCUT2D eigenvalue weighted by Crippen LogP contribution is 2.19. The average molecular weight is 310 g/mol. The van der Waals surface area contributed by atoms with Gasteiger partial charge in [-0.05, 0) is 36.2 Å². The maximum absolute atomic E-state index is 13.7. The first-order valence-corrected chi connectivity index (χ1v) is 7.62. The van der Waals surface area contributed by atoms with Crippen LogP contribution in [0, 0.1) is 12.7 Å². The van der Waals surface area contributed by atoms with Gasteiger partial charge in [0.1, 0.15) is 5.82 Å². The number of aliphatic hydroxyl groups excluding tert-OH is 1. The molecule has 0 aliphatic heterocycles. The largest absolute Gasteiger partial charge is 0.387 e. The van der Waals surface area contributed by atoms with Gasteiger partial charge in [-0.25, -0.2) is 4.39 Å². The summed E-state index contributed by atoms with van der Waals surface area (Å²) in [5.74, 6) is -0.276. The number of aryl methyl sites for hydroxylation is 1. The Balaban J connectivity index is 1.69. The maximum Gasteiger partial charge on any atom is 0.124 e. The third-order valence-corrected chi connectivity index (χ3v) is 3.83. The van der Waals surface area contributed by atoms with Crippen LogP contribution in [0.2, 0.25) is 0 Å². The second-order valence-corrected chi connectivity index (χ2v) is 5.70. The van der Waals surface area contributed by atoms with E-state index in [0.717, 1.165) is 27.6 Å². The van der Waals surface area contributed by atoms with Gasteiger partial charge in [-0.3, -0.25) is 4.98 Å². The molecule has 0 aliphatic rings. The van der Waals surface area contributed by atoms with Gasteiger partial charge in [0, 0.05) is 24.7 Å². The fourth-order valence-electron chi connectivity index (χ4n) is 2.70. The molecule has 0 aliphatic carbocycles. The van der Waals surface area contributed by atoms with Crippen molar-refractivity contribution in [1.29, 1.82) is 0 Å². The van der Waals surface area contributed by atoms with Crippen molar-refractivity contribution >= 4 is 10.9 Å². The number of aliphatic hydroxyl groups is 1. The summed E-state index contributed by atoms with van der Waals surface area (Å²) in [4.78, 5) is 4.32. The predicted octanol–water partition coefficient (Wildman–Crippen LogP) is 3.51. The lowest BCUT2D eigenvalue weighted by Gasteiger charge is -2.13. The van der Waals surface area contributed by atoms with Gasteiger partial charge < -0.3 is 10.4 Å². The van der Waals surface area contributed by atoms with Gasteiger partial charge in [-0.15, -0.1) is 0 Å². The summed E-state index contributed by atoms with van der Waals surface area (Å²) in [6.07, 6.45) is 1.10. The molecule has 0 saturated carbocycles. The molecule has 118 valence electrons. The molecule has 23 heavy (non-hydrogen) atoms. The zero-order chi connectivity index (χ0) is 16.2. The summed E-state index contributed by atoms with van der Waals surface area (Å²) in [5.41, 5.74) is 3.56. The highest BCUT2D eigenvalue weighted by molar-refractivity contribution is 5.81. The van der Waals surface area contributed by atoms with Crippen LogP contribution in [0.3, 0.4) is 0 Å². The lowest BCUT2D eigenvalue weighted by atomic mass is 10.1. The highest BCUT2D eigenvalue weighted by Gasteiger charge is 2.09. The third-order valence-electron chi connectivity index (χ3n) is 3.83. The van der Waals surface area contributed by atoms with Crippen molar-refractivity contribution in [3.05, 3.63) is 77.2 Å². The number of nitrogens with zero attached hydrogens (tertiary/aromatic N) is 1. The fourth-order valence-corrected chi connectivity index (χ4v) is 2.70. The van der Waals surface area contributed by atoms with Crippen LogP contribution in [0.4, 0.5) is 4.39 Å². The Morgan fingerprint density at radius 3 is 2.87 bits per heavy atom. The molecule has 0 fully saturated rings. The molecule has 1 heterocycles. The van der Waals surface area contributed by atoms with Crippen LogP contribution in [-0.4, -0.2) is 16.6 Å². The first kappa shape index (κ1) is 15.6. The van der Waals surface area contributed by atoms with E-state index in [2.05, 4.69) is 10.3 Å². The molecule has 3 nitrogen and oxygen atoms in total. The van der Waals surface area contributed by atoms with Gasteiger partial charge in [0.15, 0.2) is 0 Å². The molecular formula is C19H19FN2O. The number of rotatable bonds is 5. The summed E-state index contributed by atoms with van der Waals surface area (Å²) < 4.78 is 13.7. The molecule has 3 aromatic rings. The Morgan fingerprint density at radius 1 is 1.17 bits per heavy atom. The molecule has 1 aromatic heterocycles. The SMILES string of the molecule is Cc1cccc(C(O)CNCc2cc(F)cc3cccnc23)c1. The zero-order valence-electron chi connectivity index (χ0n) is 13.0. The van der Waals surface area contributed by atoms with Gasteiger partial charge in [-0.1, -0.05) is 35.9 Å². The first-order chi connectivity index (χ1) is 11.1. The summed E-state index contributed by atoms with van der Waals surface area (Å²) in [5, 5.41) is 14.2. The van der Waals surface area contributed by atoms with Gasteiger partial charge in [0.25, 0.3) is 0 Å². The second-order valence-electron chi connectivity index (χ2n) is 5.70. The van der Waals surface area contributed by atoms with E-state index in [4.69, 9.17) is 0 Å². The Labute approximate surface area is 134 Å². The van der Waals surface area contributed by atoms with Gasteiger partial charge in [-0.2, -0.15) is 0 Å². The van der Waals surface area contributed by atoms with Crippen molar-refractivity contribution in [1.82, 2.24) is 10.3 Å². The summed E-state index contributed by atoms with van der Waals surface area (Å²) in [7, 11) is 0. The van der Waals surface area contributed by atoms with Gasteiger partial charge in [0.2, 0.25) is 0 Å². The smallest absolute Gasteiger partial charge is 0.124 e. The van der Waals surface area contributed by atoms with E-state index in [-0.39, 0.29) is 5.82 Å². The number of pyridine rings is 1. The van der Waals surface area contributed by atoms with E-state index >= 15 is 0 Å². The minimum absolute atomic E-state index is 0.276. The van der Waals surface area contributed by atoms with Crippen LogP contribution in [0.25, 0.3) is 10.9 Å². The molecule has 0 saturated heterocycles. The van der Waals surface area contributed by atoms with E-state index in [1.807, 2.05) is 37.3 Å². The van der Waals surface area contributed by atoms with Crippen molar-refractivity contribution in [3.8, 4) is 0 Å². The van der Waals surface area contributed by atoms with Crippen LogP contribution < -0.4 is 5.32 Å². The molecule has 0 spiro atoms. The van der Waals surface area contributed by atoms with Gasteiger partial charge >= 0.3 is 0 Å². The minimum Gasteiger partial charge on any atom is -0.387 e. The molecule has 4 heteroatoms. The number of halogens is 1. The Kier molecular flexibility index (Phi) is 4.65. The van der Waals surface area contributed by atoms with Crippen LogP contribution in [0.15, 0.2) is 54.7 Å². The highest BCUT2D eigenvalue weighted by atomic mass is 19.1. The van der Waals surface area contributed by atoms with E-state index in [9.17, 15) is 9.50 Å². The molecule has 0 radical (unpaired) electrons. The lowest BCUT2D eigenvalue weighted by molar-refractivity contribution is 0.174. The summed E-state index contributed by atoms with van der Waals surface area (Å²) in [6, 6.07) is 14.4. The van der Waals surface area contributed by atoms with Crippen molar-refractivity contribution in [2.45, 2.75) is 19.6 Å². The topological polar surface area (TPSA) is 45.1 Å². The minimum atomic E-state index is -0.595. The number of aromatic nitrogens is 1. The lowest BCUT2D eigenvalue weighted by Crippen LogP contribution is -2.21. The normalized spacial score (nSPS) is 12.5. The molecule has 1 unspecified atom stereocenters. The predicted molar refractivity (Wildman–Crippen MR) is 89.5 cm³/mol. The monoisotopic (exact) mass is 310 g/mol. The van der Waals surface area contributed by atoms with Gasteiger partial charge in [0.05, 0.1) is 11.6 Å². The number of fused-ring (bicyclic) bond motifs is 1. The maximum atomic E-state index is 13.7. The summed E-state index contributed by atoms with van der Waals surface area (Å²) in [6.45, 7) is 2.84. The number of benzene rings is 2. The number of hydrogen-bond donors (Lipinski definition) is 2. The van der Waals surface area contributed by atoms with Crippen molar-refractivity contribution in [3.63, 3.8) is 0 Å². The number of hydrogen-bond acceptors (Lipinski definition) is 3. The number of nitrogens with one attached hydrogen (secondary N) is 1. The van der Waals surface area contributed by atoms with Crippen molar-refractivity contribution < 1.29 is 9.50 Å². The third kappa shape index (κ3) is 3.73. The molecule has 1 atom stereocenters. The van der Waals surface area contributed by atoms with Crippen LogP contribution in [-0.2, 0) is 6.54 Å². The van der Waals surface area contributed by atoms with Crippen LogP contribution in [0.1, 0.15) is 22.8 Å². The molecule has 2 N–H and O–H groups in total. The standard InChI is InChI=1S/C19H19FN2O/c1-13-4-2-5-14(8-13)18(23)12-21-11-16-10-17(20)9-15-6-3-7-22-19(15)16/h2-10,18,21,23H,11-12H2,1H3. The molecular weight excluding hydrogens is 291 g/mol. The van der Waals surface area contributed by atoms with E-state index < -0.39 is 6.10 Å². The second kappa shape index (κ2) is 6.86. The zero-order valence-corrected chi connectivity index (χ0v) is 13.0. The van der Waals surface area contributed by atoms with E-state index in [1.165, 1.54) is 12.1 Å². The van der Waals surface area contributed by atoms with E-state index in [0.29, 0.717) is 13.1 Å². The van der Waals surface area contributed by atoms with Crippen LogP contribution >= 0.6 is 0 Å².